The molecule has 1 aliphatic rings. The number of amides is 1. The fraction of sp³-hybridized carbons (Fsp3) is 0.471. The van der Waals surface area contributed by atoms with E-state index >= 15 is 0 Å². The second kappa shape index (κ2) is 6.91. The Labute approximate surface area is 135 Å². The highest BCUT2D eigenvalue weighted by Gasteiger charge is 2.29. The topological polar surface area (TPSA) is 71.2 Å². The Bertz CT molecular complexity index is 654. The largest absolute Gasteiger partial charge is 0.393 e. The Kier molecular flexibility index (Phi) is 4.71. The van der Waals surface area contributed by atoms with Gasteiger partial charge in [0.25, 0.3) is 5.91 Å². The predicted octanol–water partition coefficient (Wildman–Crippen LogP) is 2.03. The molecule has 2 atom stereocenters. The lowest BCUT2D eigenvalue weighted by molar-refractivity contribution is 0.0509. The maximum atomic E-state index is 12.8. The number of piperidine rings is 1. The highest BCUT2D eigenvalue weighted by molar-refractivity contribution is 5.92. The minimum Gasteiger partial charge on any atom is -0.393 e. The third-order valence-corrected chi connectivity index (χ3v) is 4.20. The van der Waals surface area contributed by atoms with Crippen molar-refractivity contribution in [2.24, 2.45) is 0 Å². The Hall–Kier alpha value is -2.21. The average Bonchev–Trinajstić information content (AvgIpc) is 3.05. The van der Waals surface area contributed by atoms with Gasteiger partial charge in [0.1, 0.15) is 0 Å². The standard InChI is InChI=1S/C17H22N4O2/c1-13(22)11-15-9-5-6-10-20(15)17(23)16-12-18-21(19-16)14-7-3-2-4-8-14/h2-4,7-8,12-13,15,22H,5-6,9-11H2,1H3/t13-,15+/m0/s1. The zero-order chi connectivity index (χ0) is 16.2. The average molecular weight is 314 g/mol. The summed E-state index contributed by atoms with van der Waals surface area (Å²) in [6.45, 7) is 2.48. The van der Waals surface area contributed by atoms with Crippen molar-refractivity contribution < 1.29 is 9.90 Å². The van der Waals surface area contributed by atoms with Crippen LogP contribution < -0.4 is 0 Å². The molecule has 2 aromatic rings. The van der Waals surface area contributed by atoms with Crippen LogP contribution in [0.25, 0.3) is 5.69 Å². The molecule has 1 saturated heterocycles. The zero-order valence-electron chi connectivity index (χ0n) is 13.3. The molecule has 1 amide bonds. The van der Waals surface area contributed by atoms with Crippen molar-refractivity contribution in [2.75, 3.05) is 6.54 Å². The molecule has 0 aliphatic carbocycles. The first kappa shape index (κ1) is 15.7. The smallest absolute Gasteiger partial charge is 0.276 e. The Balaban J connectivity index is 1.78. The van der Waals surface area contributed by atoms with Crippen molar-refractivity contribution in [3.63, 3.8) is 0 Å². The molecule has 0 radical (unpaired) electrons. The Morgan fingerprint density at radius 2 is 2.13 bits per heavy atom. The molecule has 6 nitrogen and oxygen atoms in total. The summed E-state index contributed by atoms with van der Waals surface area (Å²) < 4.78 is 0. The van der Waals surface area contributed by atoms with Gasteiger partial charge in [-0.1, -0.05) is 18.2 Å². The summed E-state index contributed by atoms with van der Waals surface area (Å²) in [7, 11) is 0. The second-order valence-corrected chi connectivity index (χ2v) is 6.09. The van der Waals surface area contributed by atoms with E-state index in [1.54, 1.807) is 6.92 Å². The first-order valence-corrected chi connectivity index (χ1v) is 8.12. The molecule has 0 saturated carbocycles. The number of para-hydroxylation sites is 1. The fourth-order valence-electron chi connectivity index (χ4n) is 3.10. The monoisotopic (exact) mass is 314 g/mol. The van der Waals surface area contributed by atoms with Gasteiger partial charge in [-0.15, -0.1) is 5.10 Å². The molecule has 1 aromatic carbocycles. The van der Waals surface area contributed by atoms with Crippen LogP contribution in [0.2, 0.25) is 0 Å². The Morgan fingerprint density at radius 3 is 2.87 bits per heavy atom. The van der Waals surface area contributed by atoms with E-state index in [1.165, 1.54) is 11.0 Å². The van der Waals surface area contributed by atoms with Crippen molar-refractivity contribution in [3.05, 3.63) is 42.2 Å². The number of aromatic nitrogens is 3. The van der Waals surface area contributed by atoms with Crippen molar-refractivity contribution in [1.29, 1.82) is 0 Å². The molecule has 122 valence electrons. The molecular weight excluding hydrogens is 292 g/mol. The summed E-state index contributed by atoms with van der Waals surface area (Å²) in [5.41, 5.74) is 1.18. The SMILES string of the molecule is C[C@H](O)C[C@H]1CCCCN1C(=O)c1cnn(-c2ccccc2)n1. The molecule has 0 bridgehead atoms. The number of carbonyl (C=O) groups excluding carboxylic acids is 1. The lowest BCUT2D eigenvalue weighted by atomic mass is 9.97. The highest BCUT2D eigenvalue weighted by atomic mass is 16.3. The van der Waals surface area contributed by atoms with Gasteiger partial charge in [-0.05, 0) is 44.7 Å². The number of aliphatic hydroxyl groups is 1. The van der Waals surface area contributed by atoms with Gasteiger partial charge in [0.15, 0.2) is 5.69 Å². The molecule has 1 N–H and O–H groups in total. The molecule has 1 aliphatic heterocycles. The maximum Gasteiger partial charge on any atom is 0.276 e. The van der Waals surface area contributed by atoms with Crippen LogP contribution in [-0.4, -0.2) is 49.6 Å². The minimum atomic E-state index is -0.409. The summed E-state index contributed by atoms with van der Waals surface area (Å²) >= 11 is 0. The van der Waals surface area contributed by atoms with Gasteiger partial charge in [-0.25, -0.2) is 0 Å². The van der Waals surface area contributed by atoms with Crippen LogP contribution in [0, 0.1) is 0 Å². The molecule has 1 aromatic heterocycles. The van der Waals surface area contributed by atoms with Crippen LogP contribution >= 0.6 is 0 Å². The minimum absolute atomic E-state index is 0.0816. The van der Waals surface area contributed by atoms with Crippen LogP contribution in [-0.2, 0) is 0 Å². The quantitative estimate of drug-likeness (QED) is 0.937. The molecule has 0 spiro atoms. The number of hydrogen-bond acceptors (Lipinski definition) is 4. The van der Waals surface area contributed by atoms with E-state index < -0.39 is 6.10 Å². The van der Waals surface area contributed by atoms with E-state index in [-0.39, 0.29) is 11.9 Å². The highest BCUT2D eigenvalue weighted by Crippen LogP contribution is 2.22. The summed E-state index contributed by atoms with van der Waals surface area (Å²) in [4.78, 5) is 16.1. The fourth-order valence-corrected chi connectivity index (χ4v) is 3.10. The van der Waals surface area contributed by atoms with E-state index in [4.69, 9.17) is 0 Å². The van der Waals surface area contributed by atoms with Gasteiger partial charge < -0.3 is 10.0 Å². The third kappa shape index (κ3) is 3.59. The molecule has 6 heteroatoms. The lowest BCUT2D eigenvalue weighted by Gasteiger charge is -2.36. The Morgan fingerprint density at radius 1 is 1.35 bits per heavy atom. The molecule has 2 heterocycles. The number of aliphatic hydroxyl groups excluding tert-OH is 1. The van der Waals surface area contributed by atoms with Crippen molar-refractivity contribution >= 4 is 5.91 Å². The van der Waals surface area contributed by atoms with Crippen LogP contribution in [0.1, 0.15) is 43.1 Å². The first-order valence-electron chi connectivity index (χ1n) is 8.12. The van der Waals surface area contributed by atoms with Gasteiger partial charge >= 0.3 is 0 Å². The van der Waals surface area contributed by atoms with E-state index in [1.807, 2.05) is 35.2 Å². The number of benzene rings is 1. The molecule has 0 unspecified atom stereocenters. The zero-order valence-corrected chi connectivity index (χ0v) is 13.3. The van der Waals surface area contributed by atoms with E-state index in [9.17, 15) is 9.90 Å². The maximum absolute atomic E-state index is 12.8. The number of carbonyl (C=O) groups is 1. The van der Waals surface area contributed by atoms with E-state index in [0.29, 0.717) is 18.7 Å². The number of likely N-dealkylation sites (tertiary alicyclic amines) is 1. The summed E-state index contributed by atoms with van der Waals surface area (Å²) in [6.07, 6.45) is 4.74. The molecule has 3 rings (SSSR count). The van der Waals surface area contributed by atoms with Crippen molar-refractivity contribution in [1.82, 2.24) is 19.9 Å². The number of hydrogen-bond donors (Lipinski definition) is 1. The van der Waals surface area contributed by atoms with Crippen LogP contribution in [0.15, 0.2) is 36.5 Å². The lowest BCUT2D eigenvalue weighted by Crippen LogP contribution is -2.45. The van der Waals surface area contributed by atoms with Crippen molar-refractivity contribution in [3.8, 4) is 5.69 Å². The summed E-state index contributed by atoms with van der Waals surface area (Å²) in [5, 5.41) is 18.2. The van der Waals surface area contributed by atoms with Crippen LogP contribution in [0.4, 0.5) is 0 Å². The van der Waals surface area contributed by atoms with Gasteiger partial charge in [0, 0.05) is 12.6 Å². The van der Waals surface area contributed by atoms with Gasteiger partial charge in [-0.3, -0.25) is 4.79 Å². The molecule has 23 heavy (non-hydrogen) atoms. The third-order valence-electron chi connectivity index (χ3n) is 4.20. The van der Waals surface area contributed by atoms with Gasteiger partial charge in [0.05, 0.1) is 18.0 Å². The van der Waals surface area contributed by atoms with E-state index in [0.717, 1.165) is 24.9 Å². The predicted molar refractivity (Wildman–Crippen MR) is 86.3 cm³/mol. The summed E-state index contributed by atoms with van der Waals surface area (Å²) in [6, 6.07) is 9.61. The molecular formula is C17H22N4O2. The van der Waals surface area contributed by atoms with Crippen LogP contribution in [0.3, 0.4) is 0 Å². The summed E-state index contributed by atoms with van der Waals surface area (Å²) in [5.74, 6) is -0.0995. The molecule has 1 fully saturated rings. The number of rotatable bonds is 4. The van der Waals surface area contributed by atoms with Gasteiger partial charge in [0.2, 0.25) is 0 Å². The van der Waals surface area contributed by atoms with Crippen molar-refractivity contribution in [2.45, 2.75) is 44.8 Å². The van der Waals surface area contributed by atoms with Crippen LogP contribution in [0.5, 0.6) is 0 Å². The second-order valence-electron chi connectivity index (χ2n) is 6.09. The normalized spacial score (nSPS) is 19.6. The van der Waals surface area contributed by atoms with Gasteiger partial charge in [-0.2, -0.15) is 9.90 Å². The number of nitrogens with zero attached hydrogens (tertiary/aromatic N) is 4. The van der Waals surface area contributed by atoms with E-state index in [2.05, 4.69) is 10.2 Å². The first-order chi connectivity index (χ1) is 11.1.